The second-order valence-electron chi connectivity index (χ2n) is 2.85. The van der Waals surface area contributed by atoms with Gasteiger partial charge in [-0.3, -0.25) is 4.21 Å². The Morgan fingerprint density at radius 2 is 1.69 bits per heavy atom. The summed E-state index contributed by atoms with van der Waals surface area (Å²) < 4.78 is 21.9. The smallest absolute Gasteiger partial charge is 0.0312 e. The summed E-state index contributed by atoms with van der Waals surface area (Å²) in [5, 5.41) is 0. The van der Waals surface area contributed by atoms with Crippen LogP contribution in [0, 0.1) is 0 Å². The lowest BCUT2D eigenvalue weighted by Gasteiger charge is -2.14. The van der Waals surface area contributed by atoms with E-state index in [9.17, 15) is 8.76 Å². The zero-order valence-electron chi connectivity index (χ0n) is 7.87. The van der Waals surface area contributed by atoms with Gasteiger partial charge in [0, 0.05) is 4.90 Å². The highest BCUT2D eigenvalue weighted by Crippen LogP contribution is 2.19. The van der Waals surface area contributed by atoms with Crippen LogP contribution in [0.5, 0.6) is 0 Å². The average molecular weight is 197 g/mol. The fourth-order valence-electron chi connectivity index (χ4n) is 1.41. The second kappa shape index (κ2) is 4.53. The van der Waals surface area contributed by atoms with Crippen LogP contribution in [0.2, 0.25) is 0 Å². The Labute approximate surface area is 81.3 Å². The standard InChI is InChI=1S/C10H14O2S/c1-3-8-6-5-7-9(4-2)10(8)13(11)12/h5-7H,3-4H2,1-2H3,(H,11,12)/p-1. The van der Waals surface area contributed by atoms with Crippen molar-refractivity contribution in [1.29, 1.82) is 0 Å². The molecule has 0 heterocycles. The lowest BCUT2D eigenvalue weighted by molar-refractivity contribution is 0.535. The number of hydrogen-bond donors (Lipinski definition) is 0. The van der Waals surface area contributed by atoms with Crippen molar-refractivity contribution in [3.63, 3.8) is 0 Å². The maximum Gasteiger partial charge on any atom is 0.0312 e. The van der Waals surface area contributed by atoms with Crippen LogP contribution in [-0.2, 0) is 23.9 Å². The first-order valence-electron chi connectivity index (χ1n) is 4.40. The van der Waals surface area contributed by atoms with Gasteiger partial charge in [-0.15, -0.1) is 0 Å². The molecule has 0 aliphatic carbocycles. The van der Waals surface area contributed by atoms with E-state index in [4.69, 9.17) is 0 Å². The van der Waals surface area contributed by atoms with Crippen molar-refractivity contribution in [3.8, 4) is 0 Å². The third-order valence-electron chi connectivity index (χ3n) is 2.11. The van der Waals surface area contributed by atoms with Crippen molar-refractivity contribution >= 4 is 11.1 Å². The number of hydrogen-bond acceptors (Lipinski definition) is 2. The van der Waals surface area contributed by atoms with E-state index in [0.29, 0.717) is 4.90 Å². The molecule has 1 atom stereocenters. The summed E-state index contributed by atoms with van der Waals surface area (Å²) in [6.07, 6.45) is 1.52. The molecule has 1 aromatic rings. The molecule has 0 aliphatic heterocycles. The van der Waals surface area contributed by atoms with Gasteiger partial charge in [-0.25, -0.2) is 0 Å². The molecule has 0 aromatic heterocycles. The molecule has 3 heteroatoms. The maximum absolute atomic E-state index is 11.0. The van der Waals surface area contributed by atoms with Crippen LogP contribution in [-0.4, -0.2) is 8.76 Å². The number of rotatable bonds is 3. The molecule has 2 nitrogen and oxygen atoms in total. The van der Waals surface area contributed by atoms with Gasteiger partial charge in [0.15, 0.2) is 0 Å². The van der Waals surface area contributed by atoms with Crippen molar-refractivity contribution in [2.24, 2.45) is 0 Å². The van der Waals surface area contributed by atoms with E-state index < -0.39 is 11.1 Å². The van der Waals surface area contributed by atoms with Crippen molar-refractivity contribution < 1.29 is 8.76 Å². The second-order valence-corrected chi connectivity index (χ2v) is 3.72. The Kier molecular flexibility index (Phi) is 3.63. The van der Waals surface area contributed by atoms with E-state index in [1.54, 1.807) is 0 Å². The molecule has 0 saturated carbocycles. The fourth-order valence-corrected chi connectivity index (χ4v) is 2.26. The highest BCUT2D eigenvalue weighted by molar-refractivity contribution is 7.79. The highest BCUT2D eigenvalue weighted by Gasteiger charge is 2.05. The molecule has 0 saturated heterocycles. The zero-order valence-corrected chi connectivity index (χ0v) is 8.69. The molecule has 0 amide bonds. The molecule has 0 bridgehead atoms. The van der Waals surface area contributed by atoms with Gasteiger partial charge >= 0.3 is 0 Å². The predicted molar refractivity (Wildman–Crippen MR) is 52.4 cm³/mol. The highest BCUT2D eigenvalue weighted by atomic mass is 32.2. The lowest BCUT2D eigenvalue weighted by Crippen LogP contribution is -2.00. The van der Waals surface area contributed by atoms with Crippen LogP contribution in [0.25, 0.3) is 0 Å². The largest absolute Gasteiger partial charge is 0.768 e. The Bertz CT molecular complexity index is 298. The van der Waals surface area contributed by atoms with E-state index in [1.165, 1.54) is 0 Å². The topological polar surface area (TPSA) is 40.1 Å². The Balaban J connectivity index is 3.29. The van der Waals surface area contributed by atoms with E-state index in [0.717, 1.165) is 24.0 Å². The van der Waals surface area contributed by atoms with Gasteiger partial charge in [0.2, 0.25) is 0 Å². The van der Waals surface area contributed by atoms with Crippen LogP contribution in [0.1, 0.15) is 25.0 Å². The first kappa shape index (κ1) is 10.4. The van der Waals surface area contributed by atoms with Crippen molar-refractivity contribution in [2.45, 2.75) is 31.6 Å². The first-order valence-corrected chi connectivity index (χ1v) is 5.48. The van der Waals surface area contributed by atoms with Gasteiger partial charge in [0.25, 0.3) is 0 Å². The van der Waals surface area contributed by atoms with Crippen LogP contribution in [0.15, 0.2) is 23.1 Å². The van der Waals surface area contributed by atoms with Gasteiger partial charge in [0.05, 0.1) is 0 Å². The molecule has 1 rings (SSSR count). The van der Waals surface area contributed by atoms with Gasteiger partial charge in [-0.1, -0.05) is 32.0 Å². The van der Waals surface area contributed by atoms with Gasteiger partial charge in [-0.2, -0.15) is 0 Å². The Hall–Kier alpha value is -0.670. The van der Waals surface area contributed by atoms with E-state index in [2.05, 4.69) is 0 Å². The molecule has 72 valence electrons. The molecular formula is C10H13O2S-. The molecule has 0 fully saturated rings. The van der Waals surface area contributed by atoms with Crippen LogP contribution in [0.4, 0.5) is 0 Å². The summed E-state index contributed by atoms with van der Waals surface area (Å²) in [4.78, 5) is 0.493. The van der Waals surface area contributed by atoms with Gasteiger partial charge in [-0.05, 0) is 35.0 Å². The normalized spacial score (nSPS) is 12.8. The monoisotopic (exact) mass is 197 g/mol. The molecule has 0 radical (unpaired) electrons. The molecule has 0 N–H and O–H groups in total. The lowest BCUT2D eigenvalue weighted by atomic mass is 10.1. The summed E-state index contributed by atoms with van der Waals surface area (Å²) >= 11 is -2.10. The molecule has 13 heavy (non-hydrogen) atoms. The van der Waals surface area contributed by atoms with Crippen molar-refractivity contribution in [3.05, 3.63) is 29.3 Å². The minimum atomic E-state index is -2.10. The minimum Gasteiger partial charge on any atom is -0.768 e. The van der Waals surface area contributed by atoms with Crippen LogP contribution < -0.4 is 0 Å². The Morgan fingerprint density at radius 3 is 2.00 bits per heavy atom. The summed E-state index contributed by atoms with van der Waals surface area (Å²) in [7, 11) is 0. The third-order valence-corrected chi connectivity index (χ3v) is 2.96. The van der Waals surface area contributed by atoms with E-state index in [1.807, 2.05) is 32.0 Å². The minimum absolute atomic E-state index is 0.493. The molecular weight excluding hydrogens is 184 g/mol. The van der Waals surface area contributed by atoms with Gasteiger partial charge < -0.3 is 4.55 Å². The van der Waals surface area contributed by atoms with Crippen molar-refractivity contribution in [2.75, 3.05) is 0 Å². The summed E-state index contributed by atoms with van der Waals surface area (Å²) in [6, 6.07) is 5.64. The van der Waals surface area contributed by atoms with E-state index in [-0.39, 0.29) is 0 Å². The molecule has 1 aromatic carbocycles. The summed E-state index contributed by atoms with van der Waals surface area (Å²) in [5.41, 5.74) is 1.82. The first-order chi connectivity index (χ1) is 6.20. The van der Waals surface area contributed by atoms with Crippen LogP contribution in [0.3, 0.4) is 0 Å². The SMILES string of the molecule is CCc1cccc(CC)c1S(=O)[O-]. The Morgan fingerprint density at radius 1 is 1.23 bits per heavy atom. The average Bonchev–Trinajstić information content (AvgIpc) is 2.16. The molecule has 1 unspecified atom stereocenters. The summed E-state index contributed by atoms with van der Waals surface area (Å²) in [5.74, 6) is 0. The fraction of sp³-hybridized carbons (Fsp3) is 0.400. The van der Waals surface area contributed by atoms with Crippen LogP contribution >= 0.6 is 0 Å². The maximum atomic E-state index is 11.0. The zero-order chi connectivity index (χ0) is 9.84. The molecule has 0 spiro atoms. The third kappa shape index (κ3) is 2.17. The van der Waals surface area contributed by atoms with Gasteiger partial charge in [0.1, 0.15) is 0 Å². The van der Waals surface area contributed by atoms with E-state index >= 15 is 0 Å². The quantitative estimate of drug-likeness (QED) is 0.696. The number of benzene rings is 1. The number of aryl methyl sites for hydroxylation is 2. The van der Waals surface area contributed by atoms with Crippen molar-refractivity contribution in [1.82, 2.24) is 0 Å². The predicted octanol–water partition coefficient (Wildman–Crippen LogP) is 2.05. The molecule has 0 aliphatic rings. The summed E-state index contributed by atoms with van der Waals surface area (Å²) in [6.45, 7) is 3.93.